The van der Waals surface area contributed by atoms with Crippen molar-refractivity contribution in [2.45, 2.75) is 57.3 Å². The highest BCUT2D eigenvalue weighted by atomic mass is 32.3. The summed E-state index contributed by atoms with van der Waals surface area (Å²) in [5.41, 5.74) is 7.82. The van der Waals surface area contributed by atoms with Crippen molar-refractivity contribution in [3.8, 4) is 0 Å². The molecule has 1 saturated heterocycles. The summed E-state index contributed by atoms with van der Waals surface area (Å²) in [6.45, 7) is 7.40. The number of hydrogen-bond donors (Lipinski definition) is 3. The predicted molar refractivity (Wildman–Crippen MR) is 113 cm³/mol. The highest BCUT2D eigenvalue weighted by Crippen LogP contribution is 2.30. The van der Waals surface area contributed by atoms with Crippen molar-refractivity contribution in [3.05, 3.63) is 36.1 Å². The van der Waals surface area contributed by atoms with E-state index < -0.39 is 21.5 Å². The number of nitrogens with one attached hydrogen (secondary N) is 1. The molecule has 2 aliphatic rings. The predicted octanol–water partition coefficient (Wildman–Crippen LogP) is 3.58. The maximum absolute atomic E-state index is 12.7. The number of allylic oxidation sites excluding steroid dienone is 3. The molecule has 0 radical (unpaired) electrons. The minimum atomic E-state index is -5.08. The van der Waals surface area contributed by atoms with Crippen LogP contribution in [0.25, 0.3) is 0 Å². The van der Waals surface area contributed by atoms with Crippen molar-refractivity contribution < 1.29 is 21.9 Å². The van der Waals surface area contributed by atoms with Crippen LogP contribution in [0.4, 0.5) is 13.2 Å². The molecule has 0 bridgehead atoms. The summed E-state index contributed by atoms with van der Waals surface area (Å²) < 4.78 is 62.8. The molecule has 4 N–H and O–H groups in total. The number of halogens is 3. The molecule has 0 saturated carbocycles. The van der Waals surface area contributed by atoms with Crippen molar-refractivity contribution in [3.63, 3.8) is 0 Å². The molecule has 3 atom stereocenters. The van der Waals surface area contributed by atoms with Gasteiger partial charge in [0.15, 0.2) is 0 Å². The molecule has 1 fully saturated rings. The van der Waals surface area contributed by atoms with Crippen molar-refractivity contribution >= 4 is 9.53 Å². The van der Waals surface area contributed by atoms with E-state index in [0.29, 0.717) is 25.1 Å². The molecule has 1 aliphatic heterocycles. The van der Waals surface area contributed by atoms with Crippen LogP contribution >= 0.6 is 0 Å². The molecule has 0 aromatic carbocycles. The lowest BCUT2D eigenvalue weighted by Crippen LogP contribution is -2.54. The Kier molecular flexibility index (Phi) is 7.41. The van der Waals surface area contributed by atoms with Crippen LogP contribution in [0, 0.1) is 5.92 Å². The Balaban J connectivity index is 1.90. The van der Waals surface area contributed by atoms with E-state index in [9.17, 15) is 21.9 Å². The standard InChI is InChI=1S/C20H34F3N3O2S/c1-15-7-4-5-8-17(15)13-18(24)10-12-26-11-6-9-19(26)16(2)25-29(3,27,28)14-20(21,22)23/h4-5,8,15,18-19H,2,6-7,9-14,24H2,1,3H3,(H2,25,27,28)/t15?,18-,19-/m0/s1. The zero-order valence-electron chi connectivity index (χ0n) is 17.3. The van der Waals surface area contributed by atoms with Crippen LogP contribution in [-0.4, -0.2) is 57.0 Å². The van der Waals surface area contributed by atoms with Crippen molar-refractivity contribution in [2.75, 3.05) is 25.1 Å². The van der Waals surface area contributed by atoms with Gasteiger partial charge in [0.2, 0.25) is 0 Å². The lowest BCUT2D eigenvalue weighted by molar-refractivity contribution is -0.107. The summed E-state index contributed by atoms with van der Waals surface area (Å²) in [5, 5.41) is 0. The van der Waals surface area contributed by atoms with Crippen molar-refractivity contribution in [1.82, 2.24) is 9.62 Å². The number of rotatable bonds is 9. The average molecular weight is 438 g/mol. The van der Waals surface area contributed by atoms with E-state index in [2.05, 4.69) is 41.4 Å². The van der Waals surface area contributed by atoms with Gasteiger partial charge in [0.1, 0.15) is 5.75 Å². The van der Waals surface area contributed by atoms with Crippen LogP contribution < -0.4 is 10.5 Å². The van der Waals surface area contributed by atoms with E-state index in [1.54, 1.807) is 0 Å². The molecular formula is C20H34F3N3O2S. The smallest absolute Gasteiger partial charge is 0.327 e. The van der Waals surface area contributed by atoms with Gasteiger partial charge < -0.3 is 5.73 Å². The molecule has 9 heteroatoms. The average Bonchev–Trinajstić information content (AvgIpc) is 3.00. The Hall–Kier alpha value is -1.16. The Morgan fingerprint density at radius 2 is 2.21 bits per heavy atom. The molecule has 0 amide bonds. The van der Waals surface area contributed by atoms with Gasteiger partial charge in [-0.05, 0) is 44.6 Å². The highest BCUT2D eigenvalue weighted by Gasteiger charge is 2.40. The lowest BCUT2D eigenvalue weighted by Gasteiger charge is -2.43. The largest absolute Gasteiger partial charge is 0.407 e. The molecule has 0 spiro atoms. The minimum absolute atomic E-state index is 0.0100. The van der Waals surface area contributed by atoms with Crippen molar-refractivity contribution in [2.24, 2.45) is 11.7 Å². The van der Waals surface area contributed by atoms with Gasteiger partial charge in [-0.3, -0.25) is 14.2 Å². The summed E-state index contributed by atoms with van der Waals surface area (Å²) in [5.74, 6) is -1.31. The fourth-order valence-electron chi connectivity index (χ4n) is 4.11. The Morgan fingerprint density at radius 1 is 1.52 bits per heavy atom. The van der Waals surface area contributed by atoms with Gasteiger partial charge in [-0.2, -0.15) is 17.4 Å². The van der Waals surface area contributed by atoms with Gasteiger partial charge in [-0.15, -0.1) is 9.53 Å². The molecule has 168 valence electrons. The second kappa shape index (κ2) is 8.91. The fraction of sp³-hybridized carbons (Fsp3) is 0.700. The summed E-state index contributed by atoms with van der Waals surface area (Å²) >= 11 is 0. The first-order valence-electron chi connectivity index (χ1n) is 10.0. The molecule has 0 aromatic rings. The van der Waals surface area contributed by atoms with Gasteiger partial charge in [-0.1, -0.05) is 37.3 Å². The Bertz CT molecular complexity index is 727. The summed E-state index contributed by atoms with van der Waals surface area (Å²) in [7, 11) is -5.08. The summed E-state index contributed by atoms with van der Waals surface area (Å²) in [4.78, 5) is 2.09. The maximum Gasteiger partial charge on any atom is 0.407 e. The molecule has 1 heterocycles. The van der Waals surface area contributed by atoms with E-state index >= 15 is 0 Å². The van der Waals surface area contributed by atoms with Crippen LogP contribution in [0.15, 0.2) is 36.1 Å². The third kappa shape index (κ3) is 7.88. The van der Waals surface area contributed by atoms with Gasteiger partial charge in [0.05, 0.1) is 6.04 Å². The van der Waals surface area contributed by atoms with Gasteiger partial charge in [0.25, 0.3) is 0 Å². The van der Waals surface area contributed by atoms with E-state index in [1.165, 1.54) is 5.57 Å². The maximum atomic E-state index is 12.7. The van der Waals surface area contributed by atoms with Crippen LogP contribution in [0.3, 0.4) is 0 Å². The Labute approximate surface area is 171 Å². The van der Waals surface area contributed by atoms with Gasteiger partial charge >= 0.3 is 6.18 Å². The fourth-order valence-corrected chi connectivity index (χ4v) is 5.76. The van der Waals surface area contributed by atoms with Crippen LogP contribution in [0.2, 0.25) is 0 Å². The van der Waals surface area contributed by atoms with E-state index in [-0.39, 0.29) is 17.8 Å². The molecular weight excluding hydrogens is 403 g/mol. The quantitative estimate of drug-likeness (QED) is 0.515. The Morgan fingerprint density at radius 3 is 2.83 bits per heavy atom. The first kappa shape index (κ1) is 24.1. The third-order valence-electron chi connectivity index (χ3n) is 5.52. The molecule has 2 rings (SSSR count). The zero-order chi connectivity index (χ0) is 21.9. The SMILES string of the molecule is C=C(NS(C)(=O)(O)CC(F)(F)F)[C@@H]1CCCN1CC[C@H](N)CC1=CC=CCC1C. The van der Waals surface area contributed by atoms with Crippen LogP contribution in [-0.2, 0) is 9.53 Å². The summed E-state index contributed by atoms with van der Waals surface area (Å²) in [6.07, 6.45) is 6.40. The van der Waals surface area contributed by atoms with Gasteiger partial charge in [-0.25, -0.2) is 0 Å². The number of nitrogens with two attached hydrogens (primary N) is 1. The number of nitrogens with zero attached hydrogens (tertiary/aromatic N) is 1. The summed E-state index contributed by atoms with van der Waals surface area (Å²) in [6, 6.07) is -0.285. The van der Waals surface area contributed by atoms with Gasteiger partial charge in [0, 0.05) is 24.5 Å². The highest BCUT2D eigenvalue weighted by molar-refractivity contribution is 8.13. The first-order chi connectivity index (χ1) is 13.2. The number of alkyl halides is 3. The molecule has 1 unspecified atom stereocenters. The van der Waals surface area contributed by atoms with Crippen LogP contribution in [0.1, 0.15) is 39.0 Å². The lowest BCUT2D eigenvalue weighted by atomic mass is 9.88. The molecule has 5 nitrogen and oxygen atoms in total. The number of likely N-dealkylation sites (tertiary alicyclic amines) is 1. The molecule has 0 aromatic heterocycles. The third-order valence-corrected chi connectivity index (χ3v) is 7.31. The topological polar surface area (TPSA) is 78.6 Å². The second-order valence-corrected chi connectivity index (χ2v) is 12.1. The second-order valence-electron chi connectivity index (χ2n) is 8.62. The van der Waals surface area contributed by atoms with E-state index in [1.807, 2.05) is 0 Å². The normalized spacial score (nSPS) is 25.9. The van der Waals surface area contributed by atoms with E-state index in [0.717, 1.165) is 32.2 Å². The molecule has 1 aliphatic carbocycles. The monoisotopic (exact) mass is 437 g/mol. The van der Waals surface area contributed by atoms with Crippen LogP contribution in [0.5, 0.6) is 0 Å². The van der Waals surface area contributed by atoms with E-state index in [4.69, 9.17) is 5.73 Å². The van der Waals surface area contributed by atoms with Crippen molar-refractivity contribution in [1.29, 1.82) is 0 Å². The minimum Gasteiger partial charge on any atom is -0.327 e. The first-order valence-corrected chi connectivity index (χ1v) is 12.5. The number of hydrogen-bond acceptors (Lipinski definition) is 3. The zero-order valence-corrected chi connectivity index (χ0v) is 18.1. The molecule has 29 heavy (non-hydrogen) atoms.